The summed E-state index contributed by atoms with van der Waals surface area (Å²) in [5, 5.41) is 5.79. The summed E-state index contributed by atoms with van der Waals surface area (Å²) in [6.07, 6.45) is 10.3. The highest BCUT2D eigenvalue weighted by Gasteiger charge is 2.53. The Morgan fingerprint density at radius 1 is 1.05 bits per heavy atom. The number of hydrogen-bond donors (Lipinski definition) is 1. The summed E-state index contributed by atoms with van der Waals surface area (Å²) in [6, 6.07) is 1.10. The predicted octanol–water partition coefficient (Wildman–Crippen LogP) is 4.45. The molecular formula is C18H30N2S. The second-order valence-corrected chi connectivity index (χ2v) is 10.0. The van der Waals surface area contributed by atoms with E-state index in [2.05, 4.69) is 26.1 Å². The van der Waals surface area contributed by atoms with Gasteiger partial charge in [0.2, 0.25) is 0 Å². The molecule has 0 saturated heterocycles. The van der Waals surface area contributed by atoms with E-state index in [9.17, 15) is 0 Å². The first-order chi connectivity index (χ1) is 10.0. The normalized spacial score (nSPS) is 49.9. The van der Waals surface area contributed by atoms with E-state index in [0.717, 1.165) is 17.8 Å². The van der Waals surface area contributed by atoms with Crippen molar-refractivity contribution in [1.82, 2.24) is 5.32 Å². The Kier molecular flexibility index (Phi) is 3.55. The lowest BCUT2D eigenvalue weighted by Crippen LogP contribution is -2.55. The molecule has 4 bridgehead atoms. The van der Waals surface area contributed by atoms with Crippen molar-refractivity contribution in [3.63, 3.8) is 0 Å². The molecule has 1 heterocycles. The summed E-state index contributed by atoms with van der Waals surface area (Å²) >= 11 is 1.96. The van der Waals surface area contributed by atoms with Crippen molar-refractivity contribution in [2.75, 3.05) is 0 Å². The molecule has 118 valence electrons. The van der Waals surface area contributed by atoms with Crippen LogP contribution in [0.4, 0.5) is 0 Å². The van der Waals surface area contributed by atoms with Crippen molar-refractivity contribution in [2.24, 2.45) is 28.2 Å². The summed E-state index contributed by atoms with van der Waals surface area (Å²) < 4.78 is 0. The number of aliphatic imine (C=N–C) groups is 1. The molecule has 0 amide bonds. The second kappa shape index (κ2) is 5.18. The van der Waals surface area contributed by atoms with Gasteiger partial charge in [-0.15, -0.1) is 0 Å². The van der Waals surface area contributed by atoms with E-state index in [4.69, 9.17) is 4.99 Å². The summed E-state index contributed by atoms with van der Waals surface area (Å²) in [5.74, 6) is 3.12. The Hall–Kier alpha value is -0.180. The fourth-order valence-electron chi connectivity index (χ4n) is 6.12. The Labute approximate surface area is 133 Å². The van der Waals surface area contributed by atoms with Gasteiger partial charge in [0.05, 0.1) is 6.04 Å². The molecule has 4 fully saturated rings. The smallest absolute Gasteiger partial charge is 0.157 e. The highest BCUT2D eigenvalue weighted by atomic mass is 32.2. The van der Waals surface area contributed by atoms with E-state index in [0.29, 0.717) is 22.7 Å². The van der Waals surface area contributed by atoms with Crippen LogP contribution in [0.1, 0.15) is 65.7 Å². The Bertz CT molecular complexity index is 409. The van der Waals surface area contributed by atoms with Gasteiger partial charge in [-0.2, -0.15) is 0 Å². The minimum atomic E-state index is 0.493. The molecule has 2 nitrogen and oxygen atoms in total. The van der Waals surface area contributed by atoms with E-state index >= 15 is 0 Å². The Morgan fingerprint density at radius 2 is 1.62 bits per heavy atom. The fraction of sp³-hybridized carbons (Fsp3) is 0.944. The standard InChI is InChI=1S/C18H30N2S/c1-11-4-12(2)21-17(19-11)20-13(3)18-8-14-5-15(9-18)7-16(6-14)10-18/h11-16H,4-10H2,1-3H3,(H,19,20). The first kappa shape index (κ1) is 14.4. The third-order valence-electron chi connectivity index (χ3n) is 6.67. The molecule has 3 heteroatoms. The summed E-state index contributed by atoms with van der Waals surface area (Å²) in [4.78, 5) is 4.87. The topological polar surface area (TPSA) is 24.4 Å². The molecule has 0 aromatic rings. The molecule has 5 rings (SSSR count). The molecule has 4 aliphatic carbocycles. The zero-order chi connectivity index (χ0) is 14.6. The fourth-order valence-corrected chi connectivity index (χ4v) is 7.36. The van der Waals surface area contributed by atoms with E-state index in [-0.39, 0.29) is 0 Å². The van der Waals surface area contributed by atoms with Crippen molar-refractivity contribution < 1.29 is 0 Å². The minimum absolute atomic E-state index is 0.493. The van der Waals surface area contributed by atoms with Gasteiger partial charge in [0, 0.05) is 11.3 Å². The Morgan fingerprint density at radius 3 is 2.14 bits per heavy atom. The number of amidine groups is 1. The molecule has 3 atom stereocenters. The zero-order valence-corrected chi connectivity index (χ0v) is 14.6. The number of hydrogen-bond acceptors (Lipinski definition) is 3. The first-order valence-corrected chi connectivity index (χ1v) is 9.91. The van der Waals surface area contributed by atoms with Crippen LogP contribution >= 0.6 is 11.8 Å². The van der Waals surface area contributed by atoms with Crippen LogP contribution in [0.5, 0.6) is 0 Å². The van der Waals surface area contributed by atoms with Crippen LogP contribution in [0.15, 0.2) is 4.99 Å². The highest BCUT2D eigenvalue weighted by Crippen LogP contribution is 2.61. The predicted molar refractivity (Wildman–Crippen MR) is 91.8 cm³/mol. The van der Waals surface area contributed by atoms with Crippen molar-refractivity contribution in [2.45, 2.75) is 83.1 Å². The summed E-state index contributed by atoms with van der Waals surface area (Å²) in [5.41, 5.74) is 0.585. The first-order valence-electron chi connectivity index (χ1n) is 9.03. The SMILES string of the molecule is CC1CC(C)SC(NC(C)C23CC4CC(CC(C4)C2)C3)=N1. The Balaban J connectivity index is 1.49. The van der Waals surface area contributed by atoms with E-state index < -0.39 is 0 Å². The molecule has 4 saturated carbocycles. The lowest BCUT2D eigenvalue weighted by molar-refractivity contribution is -0.0671. The molecule has 0 aromatic carbocycles. The third kappa shape index (κ3) is 2.64. The molecule has 21 heavy (non-hydrogen) atoms. The van der Waals surface area contributed by atoms with Crippen molar-refractivity contribution in [1.29, 1.82) is 0 Å². The van der Waals surface area contributed by atoms with Crippen molar-refractivity contribution >= 4 is 16.9 Å². The largest absolute Gasteiger partial charge is 0.362 e. The summed E-state index contributed by atoms with van der Waals surface area (Å²) in [7, 11) is 0. The maximum absolute atomic E-state index is 4.87. The van der Waals surface area contributed by atoms with Crippen molar-refractivity contribution in [3.05, 3.63) is 0 Å². The van der Waals surface area contributed by atoms with Gasteiger partial charge in [-0.3, -0.25) is 4.99 Å². The van der Waals surface area contributed by atoms with Gasteiger partial charge in [0.25, 0.3) is 0 Å². The molecule has 3 unspecified atom stereocenters. The monoisotopic (exact) mass is 306 g/mol. The van der Waals surface area contributed by atoms with E-state index in [1.54, 1.807) is 0 Å². The van der Waals surface area contributed by atoms with Gasteiger partial charge >= 0.3 is 0 Å². The average molecular weight is 307 g/mol. The molecule has 1 aliphatic heterocycles. The van der Waals surface area contributed by atoms with Gasteiger partial charge in [-0.05, 0) is 82.0 Å². The van der Waals surface area contributed by atoms with Gasteiger partial charge in [-0.1, -0.05) is 18.7 Å². The van der Waals surface area contributed by atoms with Crippen LogP contribution in [0, 0.1) is 23.2 Å². The van der Waals surface area contributed by atoms with Gasteiger partial charge in [0.15, 0.2) is 5.17 Å². The quantitative estimate of drug-likeness (QED) is 0.815. The third-order valence-corrected chi connectivity index (χ3v) is 7.71. The molecule has 0 radical (unpaired) electrons. The minimum Gasteiger partial charge on any atom is -0.362 e. The second-order valence-electron chi connectivity index (χ2n) is 8.59. The van der Waals surface area contributed by atoms with Crippen LogP contribution in [-0.4, -0.2) is 22.5 Å². The van der Waals surface area contributed by atoms with Crippen LogP contribution in [0.3, 0.4) is 0 Å². The number of nitrogens with one attached hydrogen (secondary N) is 1. The molecule has 1 N–H and O–H groups in total. The van der Waals surface area contributed by atoms with Gasteiger partial charge < -0.3 is 5.32 Å². The lowest BCUT2D eigenvalue weighted by Gasteiger charge is -2.59. The van der Waals surface area contributed by atoms with Crippen LogP contribution < -0.4 is 5.32 Å². The maximum Gasteiger partial charge on any atom is 0.157 e. The molecule has 0 spiro atoms. The van der Waals surface area contributed by atoms with Crippen LogP contribution in [0.2, 0.25) is 0 Å². The maximum atomic E-state index is 4.87. The van der Waals surface area contributed by atoms with E-state index in [1.807, 2.05) is 11.8 Å². The van der Waals surface area contributed by atoms with Gasteiger partial charge in [0.1, 0.15) is 0 Å². The number of nitrogens with zero attached hydrogens (tertiary/aromatic N) is 1. The van der Waals surface area contributed by atoms with Gasteiger partial charge in [-0.25, -0.2) is 0 Å². The number of rotatable bonds is 2. The van der Waals surface area contributed by atoms with Crippen LogP contribution in [0.25, 0.3) is 0 Å². The highest BCUT2D eigenvalue weighted by molar-refractivity contribution is 8.14. The van der Waals surface area contributed by atoms with E-state index in [1.165, 1.54) is 50.1 Å². The van der Waals surface area contributed by atoms with Crippen molar-refractivity contribution in [3.8, 4) is 0 Å². The molecule has 0 aromatic heterocycles. The summed E-state index contributed by atoms with van der Waals surface area (Å²) in [6.45, 7) is 7.04. The average Bonchev–Trinajstić information content (AvgIpc) is 2.35. The molecule has 5 aliphatic rings. The lowest BCUT2D eigenvalue weighted by atomic mass is 9.48. The van der Waals surface area contributed by atoms with Crippen LogP contribution in [-0.2, 0) is 0 Å². The number of thioether (sulfide) groups is 1. The molecular weight excluding hydrogens is 276 g/mol. The zero-order valence-electron chi connectivity index (χ0n) is 13.8.